The van der Waals surface area contributed by atoms with E-state index in [-0.39, 0.29) is 0 Å². The van der Waals surface area contributed by atoms with Gasteiger partial charge in [-0.1, -0.05) is 0 Å². The highest BCUT2D eigenvalue weighted by atomic mass is 15.1. The fourth-order valence-corrected chi connectivity index (χ4v) is 2.54. The first-order chi connectivity index (χ1) is 7.15. The second-order valence-electron chi connectivity index (χ2n) is 4.87. The number of nitriles is 1. The van der Waals surface area contributed by atoms with Crippen LogP contribution in [0.5, 0.6) is 0 Å². The van der Waals surface area contributed by atoms with E-state index in [9.17, 15) is 0 Å². The minimum atomic E-state index is 0.596. The predicted molar refractivity (Wildman–Crippen MR) is 62.5 cm³/mol. The molecule has 1 aliphatic rings. The van der Waals surface area contributed by atoms with Crippen molar-refractivity contribution in [1.29, 1.82) is 5.26 Å². The lowest BCUT2D eigenvalue weighted by atomic mass is 9.86. The Morgan fingerprint density at radius 2 is 2.00 bits per heavy atom. The third-order valence-corrected chi connectivity index (χ3v) is 3.52. The summed E-state index contributed by atoms with van der Waals surface area (Å²) in [5.41, 5.74) is 0. The Labute approximate surface area is 93.7 Å². The van der Waals surface area contributed by atoms with E-state index in [1.807, 2.05) is 0 Å². The van der Waals surface area contributed by atoms with Gasteiger partial charge >= 0.3 is 0 Å². The van der Waals surface area contributed by atoms with Gasteiger partial charge in [-0.2, -0.15) is 5.26 Å². The molecule has 1 aliphatic heterocycles. The van der Waals surface area contributed by atoms with Crippen LogP contribution in [0.2, 0.25) is 0 Å². The summed E-state index contributed by atoms with van der Waals surface area (Å²) in [6.07, 6.45) is 4.28. The van der Waals surface area contributed by atoms with E-state index in [1.165, 1.54) is 25.9 Å². The maximum absolute atomic E-state index is 8.66. The van der Waals surface area contributed by atoms with E-state index in [0.29, 0.717) is 12.5 Å². The van der Waals surface area contributed by atoms with E-state index in [4.69, 9.17) is 5.26 Å². The van der Waals surface area contributed by atoms with Gasteiger partial charge in [0.15, 0.2) is 0 Å². The van der Waals surface area contributed by atoms with E-state index in [2.05, 4.69) is 37.0 Å². The van der Waals surface area contributed by atoms with Crippen LogP contribution in [-0.2, 0) is 0 Å². The highest BCUT2D eigenvalue weighted by molar-refractivity contribution is 4.84. The Hall–Kier alpha value is -0.590. The van der Waals surface area contributed by atoms with Crippen molar-refractivity contribution in [2.45, 2.75) is 31.7 Å². The molecule has 0 aromatic rings. The van der Waals surface area contributed by atoms with Crippen LogP contribution >= 0.6 is 0 Å². The Morgan fingerprint density at radius 1 is 1.40 bits per heavy atom. The molecule has 1 atom stereocenters. The highest BCUT2D eigenvalue weighted by Gasteiger charge is 2.26. The number of likely N-dealkylation sites (tertiary alicyclic amines) is 1. The number of nitrogens with zero attached hydrogens (tertiary/aromatic N) is 3. The Kier molecular flexibility index (Phi) is 5.07. The molecular formula is C12H23N3. The van der Waals surface area contributed by atoms with Gasteiger partial charge < -0.3 is 9.80 Å². The monoisotopic (exact) mass is 209 g/mol. The van der Waals surface area contributed by atoms with E-state index < -0.39 is 0 Å². The van der Waals surface area contributed by atoms with Crippen molar-refractivity contribution in [2.24, 2.45) is 5.92 Å². The lowest BCUT2D eigenvalue weighted by molar-refractivity contribution is 0.126. The molecule has 0 spiro atoms. The number of hydrogen-bond donors (Lipinski definition) is 0. The van der Waals surface area contributed by atoms with Gasteiger partial charge in [0, 0.05) is 12.5 Å². The summed E-state index contributed by atoms with van der Waals surface area (Å²) in [5, 5.41) is 8.66. The van der Waals surface area contributed by atoms with Crippen molar-refractivity contribution in [3.05, 3.63) is 0 Å². The normalized spacial score (nSPS) is 21.5. The van der Waals surface area contributed by atoms with Crippen molar-refractivity contribution in [1.82, 2.24) is 9.80 Å². The largest absolute Gasteiger partial charge is 0.306 e. The van der Waals surface area contributed by atoms with E-state index in [0.717, 1.165) is 12.3 Å². The lowest BCUT2D eigenvalue weighted by Gasteiger charge is -2.37. The van der Waals surface area contributed by atoms with Gasteiger partial charge in [0.2, 0.25) is 0 Å². The Morgan fingerprint density at radius 3 is 2.47 bits per heavy atom. The molecule has 0 aromatic heterocycles. The molecule has 86 valence electrons. The molecule has 3 nitrogen and oxygen atoms in total. The zero-order chi connectivity index (χ0) is 11.3. The molecule has 15 heavy (non-hydrogen) atoms. The first-order valence-corrected chi connectivity index (χ1v) is 5.87. The number of rotatable bonds is 4. The summed E-state index contributed by atoms with van der Waals surface area (Å²) in [4.78, 5) is 4.70. The predicted octanol–water partition coefficient (Wildman–Crippen LogP) is 1.56. The molecule has 0 aromatic carbocycles. The first-order valence-electron chi connectivity index (χ1n) is 5.87. The second-order valence-corrected chi connectivity index (χ2v) is 4.87. The fraction of sp³-hybridized carbons (Fsp3) is 0.917. The van der Waals surface area contributed by atoms with E-state index in [1.54, 1.807) is 0 Å². The van der Waals surface area contributed by atoms with Gasteiger partial charge in [0.05, 0.1) is 6.07 Å². The van der Waals surface area contributed by atoms with Crippen molar-refractivity contribution >= 4 is 0 Å². The average Bonchev–Trinajstić information content (AvgIpc) is 2.21. The maximum atomic E-state index is 8.66. The van der Waals surface area contributed by atoms with Crippen LogP contribution in [0.15, 0.2) is 0 Å². The molecule has 1 fully saturated rings. The molecule has 0 radical (unpaired) electrons. The third kappa shape index (κ3) is 3.81. The van der Waals surface area contributed by atoms with Gasteiger partial charge in [-0.05, 0) is 59.4 Å². The molecule has 1 rings (SSSR count). The van der Waals surface area contributed by atoms with Gasteiger partial charge in [-0.15, -0.1) is 0 Å². The van der Waals surface area contributed by atoms with Crippen molar-refractivity contribution in [3.63, 3.8) is 0 Å². The van der Waals surface area contributed by atoms with Gasteiger partial charge in [-0.3, -0.25) is 0 Å². The Bertz CT molecular complexity index is 211. The maximum Gasteiger partial charge on any atom is 0.0622 e. The van der Waals surface area contributed by atoms with Crippen molar-refractivity contribution in [3.8, 4) is 6.07 Å². The minimum Gasteiger partial charge on any atom is -0.306 e. The molecule has 1 unspecified atom stereocenters. The summed E-state index contributed by atoms with van der Waals surface area (Å²) in [6.45, 7) is 2.42. The first kappa shape index (κ1) is 12.5. The molecule has 0 aliphatic carbocycles. The summed E-state index contributed by atoms with van der Waals surface area (Å²) in [7, 11) is 6.47. The smallest absolute Gasteiger partial charge is 0.0622 e. The second kappa shape index (κ2) is 6.09. The van der Waals surface area contributed by atoms with Crippen LogP contribution in [0.1, 0.15) is 25.7 Å². The highest BCUT2D eigenvalue weighted by Crippen LogP contribution is 2.25. The van der Waals surface area contributed by atoms with Crippen LogP contribution in [0.25, 0.3) is 0 Å². The number of piperidine rings is 1. The standard InChI is InChI=1S/C12H23N3/c1-14(2)12(5-4-8-13)11-6-9-15(3)10-7-11/h11-12H,4-7,9-10H2,1-3H3. The van der Waals surface area contributed by atoms with Gasteiger partial charge in [0.1, 0.15) is 0 Å². The minimum absolute atomic E-state index is 0.596. The molecular weight excluding hydrogens is 186 g/mol. The van der Waals surface area contributed by atoms with Crippen molar-refractivity contribution < 1.29 is 0 Å². The molecule has 0 bridgehead atoms. The third-order valence-electron chi connectivity index (χ3n) is 3.52. The molecule has 0 amide bonds. The lowest BCUT2D eigenvalue weighted by Crippen LogP contribution is -2.41. The summed E-state index contributed by atoms with van der Waals surface area (Å²) in [5.74, 6) is 0.782. The van der Waals surface area contributed by atoms with Crippen molar-refractivity contribution in [2.75, 3.05) is 34.2 Å². The summed E-state index contributed by atoms with van der Waals surface area (Å²) in [6, 6.07) is 2.86. The summed E-state index contributed by atoms with van der Waals surface area (Å²) >= 11 is 0. The molecule has 1 saturated heterocycles. The van der Waals surface area contributed by atoms with Gasteiger partial charge in [0.25, 0.3) is 0 Å². The summed E-state index contributed by atoms with van der Waals surface area (Å²) < 4.78 is 0. The average molecular weight is 209 g/mol. The van der Waals surface area contributed by atoms with Crippen LogP contribution in [0.3, 0.4) is 0 Å². The molecule has 0 N–H and O–H groups in total. The topological polar surface area (TPSA) is 30.3 Å². The fourth-order valence-electron chi connectivity index (χ4n) is 2.54. The quantitative estimate of drug-likeness (QED) is 0.704. The Balaban J connectivity index is 2.45. The molecule has 1 heterocycles. The van der Waals surface area contributed by atoms with Crippen LogP contribution in [0.4, 0.5) is 0 Å². The molecule has 0 saturated carbocycles. The number of hydrogen-bond acceptors (Lipinski definition) is 3. The SMILES string of the molecule is CN1CCC(C(CCC#N)N(C)C)CC1. The van der Waals surface area contributed by atoms with Crippen LogP contribution in [0, 0.1) is 17.2 Å². The molecule has 3 heteroatoms. The van der Waals surface area contributed by atoms with E-state index >= 15 is 0 Å². The zero-order valence-corrected chi connectivity index (χ0v) is 10.2. The van der Waals surface area contributed by atoms with Crippen LogP contribution < -0.4 is 0 Å². The van der Waals surface area contributed by atoms with Gasteiger partial charge in [-0.25, -0.2) is 0 Å². The zero-order valence-electron chi connectivity index (χ0n) is 10.2. The van der Waals surface area contributed by atoms with Crippen LogP contribution in [-0.4, -0.2) is 50.1 Å².